The fourth-order valence-corrected chi connectivity index (χ4v) is 2.42. The summed E-state index contributed by atoms with van der Waals surface area (Å²) in [7, 11) is 3.24. The fourth-order valence-electron chi connectivity index (χ4n) is 2.42. The smallest absolute Gasteiger partial charge is 0.305 e. The van der Waals surface area contributed by atoms with Crippen LogP contribution in [0.1, 0.15) is 44.9 Å². The van der Waals surface area contributed by atoms with Crippen LogP contribution in [0.2, 0.25) is 0 Å². The van der Waals surface area contributed by atoms with Gasteiger partial charge >= 0.3 is 5.97 Å². The van der Waals surface area contributed by atoms with Crippen molar-refractivity contribution < 1.29 is 14.3 Å². The van der Waals surface area contributed by atoms with Crippen LogP contribution in [-0.4, -0.2) is 26.3 Å². The Kier molecular flexibility index (Phi) is 5.69. The maximum Gasteiger partial charge on any atom is 0.305 e. The topological polar surface area (TPSA) is 35.5 Å². The largest absolute Gasteiger partial charge is 0.469 e. The second kappa shape index (κ2) is 6.83. The molecule has 0 heterocycles. The standard InChI is InChI=1S/C12H22O3/c1-14-11-8-4-3-6-10(11)7-5-9-12(13)15-2/h10-11H,3-9H2,1-2H3. The molecule has 1 saturated carbocycles. The lowest BCUT2D eigenvalue weighted by molar-refractivity contribution is -0.140. The minimum absolute atomic E-state index is 0.0974. The zero-order valence-corrected chi connectivity index (χ0v) is 9.83. The van der Waals surface area contributed by atoms with Crippen LogP contribution < -0.4 is 0 Å². The summed E-state index contributed by atoms with van der Waals surface area (Å²) in [4.78, 5) is 11.0. The molecular formula is C12H22O3. The van der Waals surface area contributed by atoms with E-state index in [1.165, 1.54) is 32.8 Å². The van der Waals surface area contributed by atoms with Gasteiger partial charge in [0.25, 0.3) is 0 Å². The molecular weight excluding hydrogens is 192 g/mol. The molecule has 0 aliphatic heterocycles. The van der Waals surface area contributed by atoms with E-state index >= 15 is 0 Å². The van der Waals surface area contributed by atoms with Gasteiger partial charge in [-0.3, -0.25) is 4.79 Å². The minimum atomic E-state index is -0.0974. The summed E-state index contributed by atoms with van der Waals surface area (Å²) in [6.07, 6.45) is 8.00. The molecule has 3 nitrogen and oxygen atoms in total. The lowest BCUT2D eigenvalue weighted by Crippen LogP contribution is -2.26. The number of carbonyl (C=O) groups is 1. The van der Waals surface area contributed by atoms with Crippen LogP contribution >= 0.6 is 0 Å². The maximum absolute atomic E-state index is 11.0. The van der Waals surface area contributed by atoms with Crippen molar-refractivity contribution in [3.63, 3.8) is 0 Å². The molecule has 0 bridgehead atoms. The molecule has 0 amide bonds. The summed E-state index contributed by atoms with van der Waals surface area (Å²) in [5.74, 6) is 0.549. The van der Waals surface area contributed by atoms with Gasteiger partial charge in [-0.15, -0.1) is 0 Å². The SMILES string of the molecule is COC(=O)CCCC1CCCCC1OC. The Balaban J connectivity index is 2.20. The van der Waals surface area contributed by atoms with Gasteiger partial charge in [0.05, 0.1) is 13.2 Å². The van der Waals surface area contributed by atoms with Crippen molar-refractivity contribution in [2.45, 2.75) is 51.0 Å². The Morgan fingerprint density at radius 3 is 2.67 bits per heavy atom. The Morgan fingerprint density at radius 2 is 2.00 bits per heavy atom. The van der Waals surface area contributed by atoms with Crippen molar-refractivity contribution in [1.82, 2.24) is 0 Å². The third-order valence-electron chi connectivity index (χ3n) is 3.33. The second-order valence-electron chi connectivity index (χ2n) is 4.29. The fraction of sp³-hybridized carbons (Fsp3) is 0.917. The first-order chi connectivity index (χ1) is 7.27. The molecule has 0 aromatic carbocycles. The summed E-state index contributed by atoms with van der Waals surface area (Å²) in [5, 5.41) is 0. The number of carbonyl (C=O) groups excluding carboxylic acids is 1. The average Bonchev–Trinajstić information content (AvgIpc) is 2.29. The van der Waals surface area contributed by atoms with Crippen LogP contribution in [0.5, 0.6) is 0 Å². The van der Waals surface area contributed by atoms with Gasteiger partial charge in [0.1, 0.15) is 0 Å². The van der Waals surface area contributed by atoms with Crippen LogP contribution in [0.15, 0.2) is 0 Å². The summed E-state index contributed by atoms with van der Waals surface area (Å²) >= 11 is 0. The summed E-state index contributed by atoms with van der Waals surface area (Å²) in [5.41, 5.74) is 0. The summed E-state index contributed by atoms with van der Waals surface area (Å²) in [6.45, 7) is 0. The molecule has 15 heavy (non-hydrogen) atoms. The normalized spacial score (nSPS) is 26.3. The molecule has 0 aromatic heterocycles. The molecule has 88 valence electrons. The highest BCUT2D eigenvalue weighted by atomic mass is 16.5. The Labute approximate surface area is 92.1 Å². The predicted octanol–water partition coefficient (Wildman–Crippen LogP) is 2.53. The van der Waals surface area contributed by atoms with Crippen LogP contribution in [0.4, 0.5) is 0 Å². The number of esters is 1. The van der Waals surface area contributed by atoms with Crippen molar-refractivity contribution >= 4 is 5.97 Å². The number of methoxy groups -OCH3 is 2. The van der Waals surface area contributed by atoms with E-state index in [0.717, 1.165) is 12.8 Å². The molecule has 0 spiro atoms. The van der Waals surface area contributed by atoms with E-state index in [4.69, 9.17) is 4.74 Å². The van der Waals surface area contributed by atoms with Crippen molar-refractivity contribution in [3.05, 3.63) is 0 Å². The molecule has 0 saturated heterocycles. The van der Waals surface area contributed by atoms with Gasteiger partial charge in [0.15, 0.2) is 0 Å². The lowest BCUT2D eigenvalue weighted by Gasteiger charge is -2.30. The highest BCUT2D eigenvalue weighted by Crippen LogP contribution is 2.30. The molecule has 1 fully saturated rings. The summed E-state index contributed by atoms with van der Waals surface area (Å²) in [6, 6.07) is 0. The van der Waals surface area contributed by atoms with Crippen LogP contribution in [0, 0.1) is 5.92 Å². The van der Waals surface area contributed by atoms with E-state index in [2.05, 4.69) is 4.74 Å². The zero-order chi connectivity index (χ0) is 11.1. The number of hydrogen-bond acceptors (Lipinski definition) is 3. The first-order valence-corrected chi connectivity index (χ1v) is 5.87. The summed E-state index contributed by atoms with van der Waals surface area (Å²) < 4.78 is 10.1. The molecule has 0 N–H and O–H groups in total. The number of ether oxygens (including phenoxy) is 2. The van der Waals surface area contributed by atoms with Crippen molar-refractivity contribution in [2.75, 3.05) is 14.2 Å². The van der Waals surface area contributed by atoms with E-state index in [0.29, 0.717) is 18.4 Å². The monoisotopic (exact) mass is 214 g/mol. The molecule has 0 aromatic rings. The van der Waals surface area contributed by atoms with E-state index in [1.54, 1.807) is 7.11 Å². The number of rotatable bonds is 5. The van der Waals surface area contributed by atoms with E-state index in [-0.39, 0.29) is 5.97 Å². The second-order valence-corrected chi connectivity index (χ2v) is 4.29. The van der Waals surface area contributed by atoms with E-state index in [1.807, 2.05) is 0 Å². The molecule has 1 rings (SSSR count). The number of hydrogen-bond donors (Lipinski definition) is 0. The van der Waals surface area contributed by atoms with Gasteiger partial charge in [0.2, 0.25) is 0 Å². The van der Waals surface area contributed by atoms with Crippen molar-refractivity contribution in [1.29, 1.82) is 0 Å². The lowest BCUT2D eigenvalue weighted by atomic mass is 9.83. The Morgan fingerprint density at radius 1 is 1.27 bits per heavy atom. The van der Waals surface area contributed by atoms with Crippen LogP contribution in [0.25, 0.3) is 0 Å². The van der Waals surface area contributed by atoms with Gasteiger partial charge in [0, 0.05) is 13.5 Å². The van der Waals surface area contributed by atoms with Crippen molar-refractivity contribution in [2.24, 2.45) is 5.92 Å². The molecule has 2 atom stereocenters. The first-order valence-electron chi connectivity index (χ1n) is 5.87. The highest BCUT2D eigenvalue weighted by Gasteiger charge is 2.24. The highest BCUT2D eigenvalue weighted by molar-refractivity contribution is 5.68. The van der Waals surface area contributed by atoms with Crippen LogP contribution in [-0.2, 0) is 14.3 Å². The predicted molar refractivity (Wildman–Crippen MR) is 58.6 cm³/mol. The maximum atomic E-state index is 11.0. The van der Waals surface area contributed by atoms with Gasteiger partial charge in [-0.25, -0.2) is 0 Å². The third-order valence-corrected chi connectivity index (χ3v) is 3.33. The molecule has 1 aliphatic rings. The molecule has 3 heteroatoms. The Hall–Kier alpha value is -0.570. The van der Waals surface area contributed by atoms with Gasteiger partial charge in [-0.2, -0.15) is 0 Å². The molecule has 0 radical (unpaired) electrons. The van der Waals surface area contributed by atoms with Gasteiger partial charge in [-0.05, 0) is 31.6 Å². The van der Waals surface area contributed by atoms with E-state index < -0.39 is 0 Å². The first kappa shape index (κ1) is 12.5. The van der Waals surface area contributed by atoms with Crippen molar-refractivity contribution in [3.8, 4) is 0 Å². The van der Waals surface area contributed by atoms with E-state index in [9.17, 15) is 4.79 Å². The average molecular weight is 214 g/mol. The van der Waals surface area contributed by atoms with Crippen LogP contribution in [0.3, 0.4) is 0 Å². The Bertz CT molecular complexity index is 191. The quantitative estimate of drug-likeness (QED) is 0.660. The molecule has 1 aliphatic carbocycles. The van der Waals surface area contributed by atoms with Gasteiger partial charge < -0.3 is 9.47 Å². The minimum Gasteiger partial charge on any atom is -0.469 e. The third kappa shape index (κ3) is 4.20. The molecule has 2 unspecified atom stereocenters. The van der Waals surface area contributed by atoms with Gasteiger partial charge in [-0.1, -0.05) is 12.8 Å². The zero-order valence-electron chi connectivity index (χ0n) is 9.83.